The summed E-state index contributed by atoms with van der Waals surface area (Å²) >= 11 is 0. The number of aryl methyl sites for hydroxylation is 1. The number of hydrogen-bond acceptors (Lipinski definition) is 4. The minimum atomic E-state index is -1.04. The molecule has 0 aromatic heterocycles. The van der Waals surface area contributed by atoms with Crippen LogP contribution in [-0.2, 0) is 25.6 Å². The van der Waals surface area contributed by atoms with E-state index in [0.29, 0.717) is 25.9 Å². The van der Waals surface area contributed by atoms with Gasteiger partial charge in [-0.15, -0.1) is 0 Å². The van der Waals surface area contributed by atoms with Gasteiger partial charge in [0.1, 0.15) is 6.04 Å². The van der Waals surface area contributed by atoms with Crippen molar-refractivity contribution in [3.63, 3.8) is 0 Å². The maximum atomic E-state index is 13.1. The Labute approximate surface area is 205 Å². The number of piperidine rings is 1. The number of nitrogens with zero attached hydrogens (tertiary/aromatic N) is 1. The van der Waals surface area contributed by atoms with Gasteiger partial charge in [-0.1, -0.05) is 54.6 Å². The Morgan fingerprint density at radius 2 is 1.60 bits per heavy atom. The smallest absolute Gasteiger partial charge is 0.303 e. The van der Waals surface area contributed by atoms with E-state index in [-0.39, 0.29) is 43.4 Å². The molecule has 0 aliphatic carbocycles. The lowest BCUT2D eigenvalue weighted by molar-refractivity contribution is -0.143. The lowest BCUT2D eigenvalue weighted by Gasteiger charge is -2.34. The number of carbonyl (C=O) groups is 4. The van der Waals surface area contributed by atoms with E-state index in [9.17, 15) is 19.2 Å². The first-order valence-corrected chi connectivity index (χ1v) is 12.0. The van der Waals surface area contributed by atoms with E-state index in [0.717, 1.165) is 23.1 Å². The van der Waals surface area contributed by atoms with Crippen LogP contribution >= 0.6 is 0 Å². The molecule has 1 fully saturated rings. The molecule has 1 heterocycles. The van der Waals surface area contributed by atoms with Crippen molar-refractivity contribution in [2.75, 3.05) is 13.1 Å². The molecule has 35 heavy (non-hydrogen) atoms. The topological polar surface area (TPSA) is 124 Å². The summed E-state index contributed by atoms with van der Waals surface area (Å²) in [7, 11) is 0. The van der Waals surface area contributed by atoms with Gasteiger partial charge in [-0.3, -0.25) is 19.2 Å². The minimum Gasteiger partial charge on any atom is -0.481 e. The molecular weight excluding hydrogens is 448 g/mol. The first kappa shape index (κ1) is 25.9. The summed E-state index contributed by atoms with van der Waals surface area (Å²) in [5, 5.41) is 20.9. The third-order valence-corrected chi connectivity index (χ3v) is 6.28. The van der Waals surface area contributed by atoms with Crippen molar-refractivity contribution in [1.29, 1.82) is 0 Å². The van der Waals surface area contributed by atoms with Crippen LogP contribution in [0.5, 0.6) is 0 Å². The first-order chi connectivity index (χ1) is 16.8. The standard InChI is InChI=1S/C27H32N2O6/c30-24(14-10-19-8-11-22(12-9-19)21-6-2-1-3-7-21)28-23(13-15-25(31)32)27(35)29-16-4-5-20(18-29)17-26(33)34/h1-3,6-9,11-12,20,23H,4-5,10,13-18H2,(H,28,30)(H,31,32)(H,33,34)/t20-,23-/m0/s1. The van der Waals surface area contributed by atoms with Crippen molar-refractivity contribution in [3.05, 3.63) is 60.2 Å². The Bertz CT molecular complexity index is 1020. The number of rotatable bonds is 11. The minimum absolute atomic E-state index is 0.00816. The van der Waals surface area contributed by atoms with Gasteiger partial charge in [0.25, 0.3) is 0 Å². The molecule has 186 valence electrons. The number of nitrogens with one attached hydrogen (secondary N) is 1. The van der Waals surface area contributed by atoms with Crippen LogP contribution < -0.4 is 5.32 Å². The molecule has 1 aliphatic rings. The second-order valence-electron chi connectivity index (χ2n) is 9.01. The highest BCUT2D eigenvalue weighted by Crippen LogP contribution is 2.22. The largest absolute Gasteiger partial charge is 0.481 e. The van der Waals surface area contributed by atoms with Gasteiger partial charge in [-0.25, -0.2) is 0 Å². The van der Waals surface area contributed by atoms with E-state index < -0.39 is 18.0 Å². The van der Waals surface area contributed by atoms with Crippen molar-refractivity contribution < 1.29 is 29.4 Å². The molecule has 3 N–H and O–H groups in total. The molecule has 0 spiro atoms. The monoisotopic (exact) mass is 480 g/mol. The molecule has 2 aromatic carbocycles. The zero-order chi connectivity index (χ0) is 25.2. The van der Waals surface area contributed by atoms with Crippen LogP contribution in [0.1, 0.15) is 44.1 Å². The fraction of sp³-hybridized carbons (Fsp3) is 0.407. The van der Waals surface area contributed by atoms with Gasteiger partial charge in [-0.05, 0) is 48.3 Å². The third-order valence-electron chi connectivity index (χ3n) is 6.28. The van der Waals surface area contributed by atoms with Gasteiger partial charge in [0.15, 0.2) is 0 Å². The molecule has 2 atom stereocenters. The SMILES string of the molecule is O=C(O)CC[C@H](NC(=O)CCc1ccc(-c2ccccc2)cc1)C(=O)N1CCC[C@@H](CC(=O)O)C1. The van der Waals surface area contributed by atoms with Gasteiger partial charge in [-0.2, -0.15) is 0 Å². The summed E-state index contributed by atoms with van der Waals surface area (Å²) in [6.07, 6.45) is 1.80. The molecule has 8 nitrogen and oxygen atoms in total. The summed E-state index contributed by atoms with van der Waals surface area (Å²) in [6, 6.07) is 17.0. The molecule has 0 unspecified atom stereocenters. The van der Waals surface area contributed by atoms with Crippen LogP contribution in [0, 0.1) is 5.92 Å². The number of carboxylic acids is 2. The zero-order valence-electron chi connectivity index (χ0n) is 19.7. The van der Waals surface area contributed by atoms with Crippen LogP contribution in [0.3, 0.4) is 0 Å². The highest BCUT2D eigenvalue weighted by molar-refractivity contribution is 5.88. The van der Waals surface area contributed by atoms with Crippen LogP contribution in [0.15, 0.2) is 54.6 Å². The number of carboxylic acid groups (broad SMARTS) is 2. The summed E-state index contributed by atoms with van der Waals surface area (Å²) in [5.41, 5.74) is 3.18. The lowest BCUT2D eigenvalue weighted by atomic mass is 9.94. The quantitative estimate of drug-likeness (QED) is 0.453. The molecule has 2 amide bonds. The Morgan fingerprint density at radius 3 is 2.26 bits per heavy atom. The van der Waals surface area contributed by atoms with Crippen LogP contribution in [0.2, 0.25) is 0 Å². The third kappa shape index (κ3) is 8.24. The van der Waals surface area contributed by atoms with E-state index in [1.54, 1.807) is 4.90 Å². The van der Waals surface area contributed by atoms with Crippen LogP contribution in [0.4, 0.5) is 0 Å². The number of hydrogen-bond donors (Lipinski definition) is 3. The Kier molecular flexibility index (Phi) is 9.40. The van der Waals surface area contributed by atoms with Gasteiger partial charge < -0.3 is 20.4 Å². The van der Waals surface area contributed by atoms with Crippen molar-refractivity contribution in [1.82, 2.24) is 10.2 Å². The van der Waals surface area contributed by atoms with E-state index in [2.05, 4.69) is 5.32 Å². The highest BCUT2D eigenvalue weighted by atomic mass is 16.4. The average molecular weight is 481 g/mol. The molecule has 1 aliphatic heterocycles. The summed E-state index contributed by atoms with van der Waals surface area (Å²) in [5.74, 6) is -2.75. The number of amides is 2. The van der Waals surface area contributed by atoms with Crippen molar-refractivity contribution in [2.24, 2.45) is 5.92 Å². The number of likely N-dealkylation sites (tertiary alicyclic amines) is 1. The molecule has 0 saturated carbocycles. The molecule has 0 bridgehead atoms. The molecule has 3 rings (SSSR count). The van der Waals surface area contributed by atoms with E-state index in [4.69, 9.17) is 10.2 Å². The fourth-order valence-electron chi connectivity index (χ4n) is 4.44. The summed E-state index contributed by atoms with van der Waals surface area (Å²) < 4.78 is 0. The Hall–Kier alpha value is -3.68. The van der Waals surface area contributed by atoms with Crippen molar-refractivity contribution in [3.8, 4) is 11.1 Å². The molecule has 1 saturated heterocycles. The van der Waals surface area contributed by atoms with Crippen LogP contribution in [0.25, 0.3) is 11.1 Å². The predicted molar refractivity (Wildman–Crippen MR) is 131 cm³/mol. The maximum absolute atomic E-state index is 13.1. The average Bonchev–Trinajstić information content (AvgIpc) is 2.85. The number of aliphatic carboxylic acids is 2. The van der Waals surface area contributed by atoms with Gasteiger partial charge in [0, 0.05) is 32.4 Å². The normalized spacial score (nSPS) is 16.3. The Balaban J connectivity index is 1.57. The molecule has 2 aromatic rings. The summed E-state index contributed by atoms with van der Waals surface area (Å²) in [4.78, 5) is 49.5. The lowest BCUT2D eigenvalue weighted by Crippen LogP contribution is -2.51. The Morgan fingerprint density at radius 1 is 0.914 bits per heavy atom. The number of carbonyl (C=O) groups excluding carboxylic acids is 2. The second-order valence-corrected chi connectivity index (χ2v) is 9.01. The first-order valence-electron chi connectivity index (χ1n) is 12.0. The van der Waals surface area contributed by atoms with Crippen LogP contribution in [-0.4, -0.2) is 58.0 Å². The van der Waals surface area contributed by atoms with Gasteiger partial charge in [0.05, 0.1) is 0 Å². The summed E-state index contributed by atoms with van der Waals surface area (Å²) in [6.45, 7) is 0.778. The highest BCUT2D eigenvalue weighted by Gasteiger charge is 2.31. The molecule has 0 radical (unpaired) electrons. The van der Waals surface area contributed by atoms with Gasteiger partial charge >= 0.3 is 11.9 Å². The van der Waals surface area contributed by atoms with Crippen molar-refractivity contribution >= 4 is 23.8 Å². The number of benzene rings is 2. The van der Waals surface area contributed by atoms with E-state index in [1.165, 1.54) is 0 Å². The van der Waals surface area contributed by atoms with Crippen molar-refractivity contribution in [2.45, 2.75) is 51.0 Å². The van der Waals surface area contributed by atoms with E-state index >= 15 is 0 Å². The second kappa shape index (κ2) is 12.7. The fourth-order valence-corrected chi connectivity index (χ4v) is 4.44. The van der Waals surface area contributed by atoms with Gasteiger partial charge in [0.2, 0.25) is 11.8 Å². The molecule has 8 heteroatoms. The van der Waals surface area contributed by atoms with E-state index in [1.807, 2.05) is 54.6 Å². The predicted octanol–water partition coefficient (Wildman–Crippen LogP) is 3.35. The maximum Gasteiger partial charge on any atom is 0.303 e. The zero-order valence-corrected chi connectivity index (χ0v) is 19.7. The molecular formula is C27H32N2O6.